The second-order valence-electron chi connectivity index (χ2n) is 6.71. The van der Waals surface area contributed by atoms with E-state index in [0.717, 1.165) is 17.7 Å². The SMILES string of the molecule is COc1ccc(OC(C)C(=O)NC(c2ccccc2)C2CC2C)cc1. The lowest BCUT2D eigenvalue weighted by atomic mass is 10.0. The first-order valence-electron chi connectivity index (χ1n) is 8.74. The number of hydrogen-bond acceptors (Lipinski definition) is 3. The van der Waals surface area contributed by atoms with Crippen molar-refractivity contribution in [1.82, 2.24) is 5.32 Å². The van der Waals surface area contributed by atoms with E-state index in [4.69, 9.17) is 9.47 Å². The minimum absolute atomic E-state index is 0.0469. The molecule has 1 aliphatic carbocycles. The highest BCUT2D eigenvalue weighted by atomic mass is 16.5. The number of ether oxygens (including phenoxy) is 2. The van der Waals surface area contributed by atoms with Gasteiger partial charge in [-0.05, 0) is 55.0 Å². The van der Waals surface area contributed by atoms with Gasteiger partial charge in [0.15, 0.2) is 6.10 Å². The van der Waals surface area contributed by atoms with Crippen LogP contribution in [-0.4, -0.2) is 19.1 Å². The van der Waals surface area contributed by atoms with Gasteiger partial charge in [0.2, 0.25) is 0 Å². The summed E-state index contributed by atoms with van der Waals surface area (Å²) in [7, 11) is 1.62. The van der Waals surface area contributed by atoms with Crippen molar-refractivity contribution < 1.29 is 14.3 Å². The van der Waals surface area contributed by atoms with E-state index < -0.39 is 6.10 Å². The molecule has 0 aliphatic heterocycles. The Hall–Kier alpha value is -2.49. The highest BCUT2D eigenvalue weighted by Gasteiger charge is 2.41. The Morgan fingerprint density at radius 2 is 1.68 bits per heavy atom. The van der Waals surface area contributed by atoms with Crippen molar-refractivity contribution in [2.45, 2.75) is 32.4 Å². The quantitative estimate of drug-likeness (QED) is 0.830. The largest absolute Gasteiger partial charge is 0.497 e. The van der Waals surface area contributed by atoms with Crippen LogP contribution in [0.25, 0.3) is 0 Å². The molecule has 0 saturated heterocycles. The van der Waals surface area contributed by atoms with Gasteiger partial charge in [-0.2, -0.15) is 0 Å². The molecular weight excluding hydrogens is 314 g/mol. The van der Waals surface area contributed by atoms with E-state index in [2.05, 4.69) is 24.4 Å². The van der Waals surface area contributed by atoms with Crippen LogP contribution >= 0.6 is 0 Å². The third-order valence-corrected chi connectivity index (χ3v) is 4.80. The first-order chi connectivity index (χ1) is 12.1. The average molecular weight is 339 g/mol. The molecule has 3 rings (SSSR count). The Balaban J connectivity index is 1.64. The summed E-state index contributed by atoms with van der Waals surface area (Å²) in [6.45, 7) is 4.00. The molecule has 25 heavy (non-hydrogen) atoms. The maximum Gasteiger partial charge on any atom is 0.261 e. The number of amides is 1. The first-order valence-corrected chi connectivity index (χ1v) is 8.74. The summed E-state index contributed by atoms with van der Waals surface area (Å²) in [5.41, 5.74) is 1.15. The molecule has 1 N–H and O–H groups in total. The van der Waals surface area contributed by atoms with Gasteiger partial charge in [-0.3, -0.25) is 4.79 Å². The minimum atomic E-state index is -0.561. The number of rotatable bonds is 7. The molecule has 0 spiro atoms. The Kier molecular flexibility index (Phi) is 5.27. The number of carbonyl (C=O) groups excluding carboxylic acids is 1. The summed E-state index contributed by atoms with van der Waals surface area (Å²) in [5.74, 6) is 2.46. The Morgan fingerprint density at radius 3 is 2.24 bits per heavy atom. The van der Waals surface area contributed by atoms with Crippen LogP contribution in [0.1, 0.15) is 31.9 Å². The molecule has 1 fully saturated rings. The van der Waals surface area contributed by atoms with Crippen molar-refractivity contribution in [2.24, 2.45) is 11.8 Å². The zero-order valence-corrected chi connectivity index (χ0v) is 14.9. The van der Waals surface area contributed by atoms with Crippen molar-refractivity contribution in [2.75, 3.05) is 7.11 Å². The van der Waals surface area contributed by atoms with Gasteiger partial charge in [0.05, 0.1) is 13.2 Å². The molecule has 1 amide bonds. The van der Waals surface area contributed by atoms with E-state index in [-0.39, 0.29) is 11.9 Å². The molecule has 132 valence electrons. The fourth-order valence-electron chi connectivity index (χ4n) is 3.10. The lowest BCUT2D eigenvalue weighted by Crippen LogP contribution is -2.39. The van der Waals surface area contributed by atoms with E-state index in [0.29, 0.717) is 17.6 Å². The Labute approximate surface area is 149 Å². The van der Waals surface area contributed by atoms with Crippen molar-refractivity contribution in [3.8, 4) is 11.5 Å². The van der Waals surface area contributed by atoms with Crippen LogP contribution < -0.4 is 14.8 Å². The van der Waals surface area contributed by atoms with Crippen LogP contribution in [0.3, 0.4) is 0 Å². The zero-order chi connectivity index (χ0) is 17.8. The molecule has 0 heterocycles. The van der Waals surface area contributed by atoms with Crippen molar-refractivity contribution in [3.05, 3.63) is 60.2 Å². The van der Waals surface area contributed by atoms with Crippen LogP contribution in [0.15, 0.2) is 54.6 Å². The van der Waals surface area contributed by atoms with Gasteiger partial charge < -0.3 is 14.8 Å². The maximum absolute atomic E-state index is 12.6. The van der Waals surface area contributed by atoms with Crippen LogP contribution in [0.4, 0.5) is 0 Å². The predicted octanol–water partition coefficient (Wildman–Crippen LogP) is 3.98. The topological polar surface area (TPSA) is 47.6 Å². The monoisotopic (exact) mass is 339 g/mol. The fraction of sp³-hybridized carbons (Fsp3) is 0.381. The second kappa shape index (κ2) is 7.60. The third-order valence-electron chi connectivity index (χ3n) is 4.80. The van der Waals surface area contributed by atoms with Crippen LogP contribution in [0.5, 0.6) is 11.5 Å². The third kappa shape index (κ3) is 4.32. The van der Waals surface area contributed by atoms with E-state index >= 15 is 0 Å². The van der Waals surface area contributed by atoms with Gasteiger partial charge in [-0.15, -0.1) is 0 Å². The first kappa shape index (κ1) is 17.3. The molecule has 0 bridgehead atoms. The van der Waals surface area contributed by atoms with E-state index in [1.165, 1.54) is 0 Å². The van der Waals surface area contributed by atoms with Crippen LogP contribution in [-0.2, 0) is 4.79 Å². The van der Waals surface area contributed by atoms with Gasteiger partial charge in [-0.1, -0.05) is 37.3 Å². The minimum Gasteiger partial charge on any atom is -0.497 e. The molecule has 0 aromatic heterocycles. The lowest BCUT2D eigenvalue weighted by molar-refractivity contribution is -0.128. The van der Waals surface area contributed by atoms with E-state index in [9.17, 15) is 4.79 Å². The summed E-state index contributed by atoms with van der Waals surface area (Å²) in [6.07, 6.45) is 0.585. The Bertz CT molecular complexity index is 699. The van der Waals surface area contributed by atoms with Crippen molar-refractivity contribution in [3.63, 3.8) is 0 Å². The molecule has 2 aromatic carbocycles. The maximum atomic E-state index is 12.6. The molecule has 4 atom stereocenters. The van der Waals surface area contributed by atoms with Gasteiger partial charge in [0.1, 0.15) is 11.5 Å². The smallest absolute Gasteiger partial charge is 0.261 e. The summed E-state index contributed by atoms with van der Waals surface area (Å²) < 4.78 is 10.9. The molecular formula is C21H25NO3. The van der Waals surface area contributed by atoms with Gasteiger partial charge in [0, 0.05) is 0 Å². The van der Waals surface area contributed by atoms with E-state index in [1.54, 1.807) is 26.2 Å². The molecule has 1 saturated carbocycles. The average Bonchev–Trinajstić information content (AvgIpc) is 3.37. The molecule has 4 unspecified atom stereocenters. The molecule has 4 nitrogen and oxygen atoms in total. The fourth-order valence-corrected chi connectivity index (χ4v) is 3.10. The number of carbonyl (C=O) groups is 1. The van der Waals surface area contributed by atoms with E-state index in [1.807, 2.05) is 30.3 Å². The number of hydrogen-bond donors (Lipinski definition) is 1. The molecule has 0 radical (unpaired) electrons. The predicted molar refractivity (Wildman–Crippen MR) is 97.7 cm³/mol. The highest BCUT2D eigenvalue weighted by molar-refractivity contribution is 5.81. The number of methoxy groups -OCH3 is 1. The number of nitrogens with one attached hydrogen (secondary N) is 1. The summed E-state index contributed by atoms with van der Waals surface area (Å²) in [6, 6.07) is 17.5. The van der Waals surface area contributed by atoms with Gasteiger partial charge in [0.25, 0.3) is 5.91 Å². The lowest BCUT2D eigenvalue weighted by Gasteiger charge is -2.22. The zero-order valence-electron chi connectivity index (χ0n) is 14.9. The standard InChI is InChI=1S/C21H25NO3/c1-14-13-19(14)20(16-7-5-4-6-8-16)22-21(23)15(2)25-18-11-9-17(24-3)10-12-18/h4-12,14-15,19-20H,13H2,1-3H3,(H,22,23). The number of benzene rings is 2. The summed E-state index contributed by atoms with van der Waals surface area (Å²) in [4.78, 5) is 12.6. The van der Waals surface area contributed by atoms with Gasteiger partial charge in [-0.25, -0.2) is 0 Å². The van der Waals surface area contributed by atoms with Crippen LogP contribution in [0, 0.1) is 11.8 Å². The highest BCUT2D eigenvalue weighted by Crippen LogP contribution is 2.46. The second-order valence-corrected chi connectivity index (χ2v) is 6.71. The molecule has 2 aromatic rings. The molecule has 1 aliphatic rings. The summed E-state index contributed by atoms with van der Waals surface area (Å²) in [5, 5.41) is 3.18. The Morgan fingerprint density at radius 1 is 1.08 bits per heavy atom. The van der Waals surface area contributed by atoms with Crippen LogP contribution in [0.2, 0.25) is 0 Å². The van der Waals surface area contributed by atoms with Gasteiger partial charge >= 0.3 is 0 Å². The summed E-state index contributed by atoms with van der Waals surface area (Å²) >= 11 is 0. The van der Waals surface area contributed by atoms with Crippen molar-refractivity contribution >= 4 is 5.91 Å². The molecule has 4 heteroatoms. The normalized spacial score (nSPS) is 21.1. The van der Waals surface area contributed by atoms with Crippen molar-refractivity contribution in [1.29, 1.82) is 0 Å².